The van der Waals surface area contributed by atoms with Crippen LogP contribution in [0, 0.1) is 5.41 Å². The molecule has 0 bridgehead atoms. The number of halogens is 2. The fraction of sp³-hybridized carbons (Fsp3) is 0.600. The summed E-state index contributed by atoms with van der Waals surface area (Å²) in [5.74, 6) is 1.59. The van der Waals surface area contributed by atoms with Crippen LogP contribution in [0.25, 0.3) is 0 Å². The molecule has 0 unspecified atom stereocenters. The molecule has 0 spiro atoms. The first-order chi connectivity index (χ1) is 9.06. The first-order valence-corrected chi connectivity index (χ1v) is 8.56. The van der Waals surface area contributed by atoms with E-state index in [4.69, 9.17) is 16.3 Å². The first kappa shape index (κ1) is 17.2. The van der Waals surface area contributed by atoms with Crippen LogP contribution >= 0.6 is 40.2 Å². The topological polar surface area (TPSA) is 9.23 Å². The summed E-state index contributed by atoms with van der Waals surface area (Å²) in [4.78, 5) is 0. The van der Waals surface area contributed by atoms with Crippen molar-refractivity contribution < 1.29 is 4.74 Å². The highest BCUT2D eigenvalue weighted by Gasteiger charge is 2.28. The van der Waals surface area contributed by atoms with Gasteiger partial charge in [-0.25, -0.2) is 0 Å². The molecular weight excluding hydrogens is 344 g/mol. The van der Waals surface area contributed by atoms with E-state index in [1.807, 2.05) is 18.2 Å². The van der Waals surface area contributed by atoms with Crippen LogP contribution in [-0.4, -0.2) is 12.4 Å². The van der Waals surface area contributed by atoms with Gasteiger partial charge in [0.25, 0.3) is 0 Å². The normalized spacial score (nSPS) is 11.6. The quantitative estimate of drug-likeness (QED) is 0.556. The van der Waals surface area contributed by atoms with Crippen molar-refractivity contribution in [1.29, 1.82) is 0 Å². The van der Waals surface area contributed by atoms with Gasteiger partial charge in [-0.15, -0.1) is 0 Å². The zero-order valence-electron chi connectivity index (χ0n) is 11.6. The van der Waals surface area contributed by atoms with Crippen molar-refractivity contribution in [3.05, 3.63) is 27.7 Å². The third kappa shape index (κ3) is 5.20. The van der Waals surface area contributed by atoms with E-state index in [9.17, 15) is 0 Å². The lowest BCUT2D eigenvalue weighted by molar-refractivity contribution is 0.143. The number of hydrogen-bond acceptors (Lipinski definition) is 2. The Kier molecular flexibility index (Phi) is 7.63. The average Bonchev–Trinajstić information content (AvgIpc) is 2.40. The smallest absolute Gasteiger partial charge is 0.139 e. The van der Waals surface area contributed by atoms with Crippen molar-refractivity contribution in [3.63, 3.8) is 0 Å². The van der Waals surface area contributed by atoms with Crippen molar-refractivity contribution in [1.82, 2.24) is 0 Å². The Labute approximate surface area is 135 Å². The van der Waals surface area contributed by atoms with Gasteiger partial charge in [0, 0.05) is 9.89 Å². The van der Waals surface area contributed by atoms with E-state index < -0.39 is 0 Å². The molecular formula is C15H22BrClOS. The largest absolute Gasteiger partial charge is 0.491 e. The molecule has 0 amide bonds. The van der Waals surface area contributed by atoms with E-state index in [1.54, 1.807) is 0 Å². The van der Waals surface area contributed by atoms with Gasteiger partial charge in [-0.3, -0.25) is 0 Å². The average molecular weight is 366 g/mol. The van der Waals surface area contributed by atoms with Gasteiger partial charge >= 0.3 is 0 Å². The minimum Gasteiger partial charge on any atom is -0.491 e. The summed E-state index contributed by atoms with van der Waals surface area (Å²) in [6.45, 7) is 5.09. The Hall–Kier alpha value is 0.140. The Morgan fingerprint density at radius 2 is 1.89 bits per heavy atom. The highest BCUT2D eigenvalue weighted by molar-refractivity contribution is 9.10. The predicted molar refractivity (Wildman–Crippen MR) is 90.7 cm³/mol. The molecule has 0 saturated carbocycles. The van der Waals surface area contributed by atoms with Gasteiger partial charge in [-0.2, -0.15) is 12.6 Å². The van der Waals surface area contributed by atoms with Crippen LogP contribution in [0.3, 0.4) is 0 Å². The maximum absolute atomic E-state index is 6.16. The number of hydrogen-bond donors (Lipinski definition) is 1. The molecule has 19 heavy (non-hydrogen) atoms. The van der Waals surface area contributed by atoms with Gasteiger partial charge in [0.05, 0.1) is 11.6 Å². The molecule has 1 aromatic rings. The summed E-state index contributed by atoms with van der Waals surface area (Å²) >= 11 is 14.1. The molecule has 0 radical (unpaired) electrons. The molecule has 1 rings (SSSR count). The third-order valence-electron chi connectivity index (χ3n) is 3.32. The van der Waals surface area contributed by atoms with Gasteiger partial charge in [0.15, 0.2) is 0 Å². The molecule has 0 N–H and O–H groups in total. The third-order valence-corrected chi connectivity index (χ3v) is 4.80. The van der Waals surface area contributed by atoms with Crippen molar-refractivity contribution in [2.75, 3.05) is 12.4 Å². The molecule has 0 aliphatic rings. The van der Waals surface area contributed by atoms with Gasteiger partial charge in [-0.05, 0) is 36.8 Å². The second-order valence-corrected chi connectivity index (χ2v) is 6.66. The number of thiol groups is 1. The maximum atomic E-state index is 6.16. The first-order valence-electron chi connectivity index (χ1n) is 6.75. The monoisotopic (exact) mass is 364 g/mol. The van der Waals surface area contributed by atoms with Crippen LogP contribution < -0.4 is 4.74 Å². The van der Waals surface area contributed by atoms with Gasteiger partial charge < -0.3 is 4.74 Å². The van der Waals surface area contributed by atoms with Gasteiger partial charge in [0.2, 0.25) is 0 Å². The Balaban J connectivity index is 2.77. The maximum Gasteiger partial charge on any atom is 0.139 e. The van der Waals surface area contributed by atoms with Crippen LogP contribution in [0.15, 0.2) is 22.7 Å². The minimum atomic E-state index is 0.151. The van der Waals surface area contributed by atoms with Crippen LogP contribution in [0.5, 0.6) is 5.75 Å². The summed E-state index contributed by atoms with van der Waals surface area (Å²) in [5.41, 5.74) is 0.151. The molecule has 0 saturated heterocycles. The molecule has 0 aromatic heterocycles. The number of benzene rings is 1. The number of ether oxygens (including phenoxy) is 1. The zero-order valence-corrected chi connectivity index (χ0v) is 14.8. The molecule has 1 nitrogen and oxygen atoms in total. The molecule has 0 aliphatic heterocycles. The fourth-order valence-corrected chi connectivity index (χ4v) is 3.27. The molecule has 4 heteroatoms. The van der Waals surface area contributed by atoms with E-state index in [0.717, 1.165) is 41.7 Å². The van der Waals surface area contributed by atoms with Gasteiger partial charge in [-0.1, -0.05) is 54.2 Å². The Bertz CT molecular complexity index is 392. The van der Waals surface area contributed by atoms with E-state index in [0.29, 0.717) is 11.6 Å². The van der Waals surface area contributed by atoms with Gasteiger partial charge in [0.1, 0.15) is 5.75 Å². The van der Waals surface area contributed by atoms with Crippen LogP contribution in [-0.2, 0) is 0 Å². The lowest BCUT2D eigenvalue weighted by Crippen LogP contribution is -2.30. The molecule has 0 fully saturated rings. The van der Waals surface area contributed by atoms with E-state index in [1.165, 1.54) is 0 Å². The minimum absolute atomic E-state index is 0.151. The molecule has 0 heterocycles. The fourth-order valence-electron chi connectivity index (χ4n) is 2.35. The summed E-state index contributed by atoms with van der Waals surface area (Å²) in [6, 6.07) is 5.69. The predicted octanol–water partition coefficient (Wildman–Crippen LogP) is 6.00. The molecule has 108 valence electrons. The lowest BCUT2D eigenvalue weighted by Gasteiger charge is -2.32. The Morgan fingerprint density at radius 1 is 1.26 bits per heavy atom. The Morgan fingerprint density at radius 3 is 2.42 bits per heavy atom. The van der Waals surface area contributed by atoms with E-state index in [-0.39, 0.29) is 5.41 Å². The second-order valence-electron chi connectivity index (χ2n) is 5.02. The second kappa shape index (κ2) is 8.43. The lowest BCUT2D eigenvalue weighted by atomic mass is 9.82. The van der Waals surface area contributed by atoms with Crippen LogP contribution in [0.1, 0.15) is 39.5 Å². The summed E-state index contributed by atoms with van der Waals surface area (Å²) in [6.07, 6.45) is 4.57. The summed E-state index contributed by atoms with van der Waals surface area (Å²) in [7, 11) is 0. The summed E-state index contributed by atoms with van der Waals surface area (Å²) in [5, 5.41) is 0.657. The molecule has 0 aliphatic carbocycles. The molecule has 1 aromatic carbocycles. The zero-order chi connectivity index (χ0) is 14.3. The van der Waals surface area contributed by atoms with Crippen molar-refractivity contribution in [3.8, 4) is 5.75 Å². The standard InChI is InChI=1S/C15H22BrClOS/c1-3-7-15(11-19,8-4-2)10-18-14-9-12(16)5-6-13(14)17/h5-6,9,19H,3-4,7-8,10-11H2,1-2H3. The van der Waals surface area contributed by atoms with Crippen molar-refractivity contribution >= 4 is 40.2 Å². The van der Waals surface area contributed by atoms with Crippen LogP contribution in [0.4, 0.5) is 0 Å². The van der Waals surface area contributed by atoms with Crippen molar-refractivity contribution in [2.24, 2.45) is 5.41 Å². The SMILES string of the molecule is CCCC(CS)(CCC)COc1cc(Br)ccc1Cl. The highest BCUT2D eigenvalue weighted by atomic mass is 79.9. The van der Waals surface area contributed by atoms with E-state index >= 15 is 0 Å². The number of rotatable bonds is 8. The highest BCUT2D eigenvalue weighted by Crippen LogP contribution is 2.34. The summed E-state index contributed by atoms with van der Waals surface area (Å²) < 4.78 is 6.95. The van der Waals surface area contributed by atoms with Crippen molar-refractivity contribution in [2.45, 2.75) is 39.5 Å². The molecule has 0 atom stereocenters. The van der Waals surface area contributed by atoms with E-state index in [2.05, 4.69) is 42.4 Å². The van der Waals surface area contributed by atoms with Crippen LogP contribution in [0.2, 0.25) is 5.02 Å².